The summed E-state index contributed by atoms with van der Waals surface area (Å²) in [6, 6.07) is 7.42. The summed E-state index contributed by atoms with van der Waals surface area (Å²) in [4.78, 5) is 11.4. The van der Waals surface area contributed by atoms with Gasteiger partial charge in [-0.15, -0.1) is 6.58 Å². The molecule has 1 rings (SSSR count). The first kappa shape index (κ1) is 10.2. The van der Waals surface area contributed by atoms with Gasteiger partial charge in [-0.25, -0.2) is 0 Å². The predicted octanol–water partition coefficient (Wildman–Crippen LogP) is 2.21. The third kappa shape index (κ3) is 3.18. The van der Waals surface area contributed by atoms with E-state index >= 15 is 0 Å². The number of benzene rings is 1. The molecule has 0 spiro atoms. The first-order valence-electron chi connectivity index (χ1n) is 3.88. The quantitative estimate of drug-likeness (QED) is 0.670. The number of halogens is 1. The van der Waals surface area contributed by atoms with Crippen LogP contribution in [0.2, 0.25) is 0 Å². The lowest BCUT2D eigenvalue weighted by Crippen LogP contribution is -2.22. The van der Waals surface area contributed by atoms with Crippen LogP contribution in [0.5, 0.6) is 0 Å². The highest BCUT2D eigenvalue weighted by Crippen LogP contribution is 2.06. The highest BCUT2D eigenvalue weighted by Gasteiger charge is 2.01. The molecule has 1 aromatic rings. The van der Waals surface area contributed by atoms with Crippen LogP contribution in [0.25, 0.3) is 0 Å². The molecule has 0 aliphatic carbocycles. The van der Waals surface area contributed by atoms with Gasteiger partial charge in [-0.05, 0) is 46.9 Å². The van der Waals surface area contributed by atoms with E-state index in [0.717, 1.165) is 3.57 Å². The van der Waals surface area contributed by atoms with Gasteiger partial charge in [-0.3, -0.25) is 4.79 Å². The Labute approximate surface area is 91.2 Å². The monoisotopic (exact) mass is 287 g/mol. The fourth-order valence-corrected chi connectivity index (χ4v) is 1.23. The molecule has 68 valence electrons. The Hall–Kier alpha value is -0.840. The van der Waals surface area contributed by atoms with Crippen molar-refractivity contribution in [1.82, 2.24) is 5.32 Å². The number of hydrogen-bond donors (Lipinski definition) is 1. The topological polar surface area (TPSA) is 29.1 Å². The van der Waals surface area contributed by atoms with Gasteiger partial charge in [0.15, 0.2) is 0 Å². The molecule has 2 nitrogen and oxygen atoms in total. The van der Waals surface area contributed by atoms with Crippen molar-refractivity contribution in [1.29, 1.82) is 0 Å². The maximum absolute atomic E-state index is 11.4. The zero-order valence-electron chi connectivity index (χ0n) is 7.09. The Bertz CT molecular complexity index is 305. The van der Waals surface area contributed by atoms with Crippen molar-refractivity contribution in [3.05, 3.63) is 46.1 Å². The number of carbonyl (C=O) groups excluding carboxylic acids is 1. The molecule has 1 amide bonds. The number of rotatable bonds is 3. The van der Waals surface area contributed by atoms with E-state index in [2.05, 4.69) is 34.5 Å². The van der Waals surface area contributed by atoms with Gasteiger partial charge < -0.3 is 5.32 Å². The molecule has 0 aliphatic heterocycles. The fourth-order valence-electron chi connectivity index (χ4n) is 0.868. The van der Waals surface area contributed by atoms with E-state index in [-0.39, 0.29) is 5.91 Å². The van der Waals surface area contributed by atoms with E-state index in [4.69, 9.17) is 0 Å². The molecule has 1 N–H and O–H groups in total. The summed E-state index contributed by atoms with van der Waals surface area (Å²) >= 11 is 2.20. The maximum atomic E-state index is 11.4. The van der Waals surface area contributed by atoms with Crippen molar-refractivity contribution in [2.24, 2.45) is 0 Å². The molecular weight excluding hydrogens is 277 g/mol. The molecular formula is C10H10INO. The maximum Gasteiger partial charge on any atom is 0.251 e. The van der Waals surface area contributed by atoms with Crippen LogP contribution in [-0.4, -0.2) is 12.5 Å². The molecule has 0 radical (unpaired) electrons. The minimum atomic E-state index is -0.0590. The van der Waals surface area contributed by atoms with Gasteiger partial charge in [0.05, 0.1) is 0 Å². The van der Waals surface area contributed by atoms with Crippen LogP contribution < -0.4 is 5.32 Å². The van der Waals surface area contributed by atoms with Gasteiger partial charge in [0.1, 0.15) is 0 Å². The van der Waals surface area contributed by atoms with E-state index in [1.807, 2.05) is 12.1 Å². The fraction of sp³-hybridized carbons (Fsp3) is 0.100. The summed E-state index contributed by atoms with van der Waals surface area (Å²) in [5, 5.41) is 2.71. The van der Waals surface area contributed by atoms with E-state index < -0.39 is 0 Å². The highest BCUT2D eigenvalue weighted by atomic mass is 127. The SMILES string of the molecule is C=CCNC(=O)c1ccc(I)cc1. The number of hydrogen-bond acceptors (Lipinski definition) is 1. The van der Waals surface area contributed by atoms with Crippen molar-refractivity contribution < 1.29 is 4.79 Å². The summed E-state index contributed by atoms with van der Waals surface area (Å²) < 4.78 is 1.12. The van der Waals surface area contributed by atoms with Crippen molar-refractivity contribution in [2.75, 3.05) is 6.54 Å². The highest BCUT2D eigenvalue weighted by molar-refractivity contribution is 14.1. The smallest absolute Gasteiger partial charge is 0.251 e. The average molecular weight is 287 g/mol. The van der Waals surface area contributed by atoms with Crippen molar-refractivity contribution in [3.8, 4) is 0 Å². The lowest BCUT2D eigenvalue weighted by atomic mass is 10.2. The third-order valence-corrected chi connectivity index (χ3v) is 2.23. The Kier molecular flexibility index (Phi) is 3.95. The average Bonchev–Trinajstić information content (AvgIpc) is 2.15. The molecule has 0 bridgehead atoms. The molecule has 1 aromatic carbocycles. The Morgan fingerprint density at radius 3 is 2.62 bits per heavy atom. The Balaban J connectivity index is 2.66. The van der Waals surface area contributed by atoms with Gasteiger partial charge in [0.25, 0.3) is 5.91 Å². The first-order valence-corrected chi connectivity index (χ1v) is 4.96. The zero-order chi connectivity index (χ0) is 9.68. The molecule has 0 saturated heterocycles. The predicted molar refractivity (Wildman–Crippen MR) is 61.7 cm³/mol. The molecule has 0 fully saturated rings. The van der Waals surface area contributed by atoms with Gasteiger partial charge in [-0.2, -0.15) is 0 Å². The standard InChI is InChI=1S/C10H10INO/c1-2-7-12-10(13)8-3-5-9(11)6-4-8/h2-6H,1,7H2,(H,12,13). The van der Waals surface area contributed by atoms with E-state index in [1.165, 1.54) is 0 Å². The van der Waals surface area contributed by atoms with E-state index in [0.29, 0.717) is 12.1 Å². The van der Waals surface area contributed by atoms with Gasteiger partial charge in [0, 0.05) is 15.7 Å². The van der Waals surface area contributed by atoms with Gasteiger partial charge in [-0.1, -0.05) is 6.08 Å². The molecule has 0 aliphatic rings. The number of amides is 1. The molecule has 3 heteroatoms. The second-order valence-electron chi connectivity index (χ2n) is 2.51. The molecule has 0 atom stereocenters. The molecule has 13 heavy (non-hydrogen) atoms. The molecule has 0 heterocycles. The lowest BCUT2D eigenvalue weighted by Gasteiger charge is -2.01. The zero-order valence-corrected chi connectivity index (χ0v) is 9.24. The summed E-state index contributed by atoms with van der Waals surface area (Å²) in [5.74, 6) is -0.0590. The van der Waals surface area contributed by atoms with Crippen molar-refractivity contribution in [3.63, 3.8) is 0 Å². The Morgan fingerprint density at radius 1 is 1.46 bits per heavy atom. The minimum Gasteiger partial charge on any atom is -0.349 e. The summed E-state index contributed by atoms with van der Waals surface area (Å²) in [7, 11) is 0. The normalized spacial score (nSPS) is 9.31. The molecule has 0 unspecified atom stereocenters. The minimum absolute atomic E-state index is 0.0590. The van der Waals surface area contributed by atoms with Crippen LogP contribution in [0.15, 0.2) is 36.9 Å². The van der Waals surface area contributed by atoms with Crippen LogP contribution >= 0.6 is 22.6 Å². The van der Waals surface area contributed by atoms with Gasteiger partial charge in [0.2, 0.25) is 0 Å². The van der Waals surface area contributed by atoms with Crippen LogP contribution in [0.1, 0.15) is 10.4 Å². The lowest BCUT2D eigenvalue weighted by molar-refractivity contribution is 0.0958. The van der Waals surface area contributed by atoms with Crippen LogP contribution in [0.4, 0.5) is 0 Å². The third-order valence-electron chi connectivity index (χ3n) is 1.51. The summed E-state index contributed by atoms with van der Waals surface area (Å²) in [6.07, 6.45) is 1.66. The summed E-state index contributed by atoms with van der Waals surface area (Å²) in [5.41, 5.74) is 0.683. The van der Waals surface area contributed by atoms with Crippen LogP contribution in [0, 0.1) is 3.57 Å². The number of nitrogens with one attached hydrogen (secondary N) is 1. The second-order valence-corrected chi connectivity index (χ2v) is 3.75. The van der Waals surface area contributed by atoms with Crippen molar-refractivity contribution in [2.45, 2.75) is 0 Å². The van der Waals surface area contributed by atoms with Crippen LogP contribution in [-0.2, 0) is 0 Å². The second kappa shape index (κ2) is 5.01. The van der Waals surface area contributed by atoms with E-state index in [9.17, 15) is 4.79 Å². The Morgan fingerprint density at radius 2 is 2.08 bits per heavy atom. The summed E-state index contributed by atoms with van der Waals surface area (Å²) in [6.45, 7) is 4.03. The van der Waals surface area contributed by atoms with Gasteiger partial charge >= 0.3 is 0 Å². The van der Waals surface area contributed by atoms with Crippen LogP contribution in [0.3, 0.4) is 0 Å². The van der Waals surface area contributed by atoms with Crippen molar-refractivity contribution >= 4 is 28.5 Å². The first-order chi connectivity index (χ1) is 6.24. The van der Waals surface area contributed by atoms with E-state index in [1.54, 1.807) is 18.2 Å². The molecule has 0 saturated carbocycles. The largest absolute Gasteiger partial charge is 0.349 e. The molecule has 0 aromatic heterocycles. The number of carbonyl (C=O) groups is 1.